The molecule has 0 bridgehead atoms. The quantitative estimate of drug-likeness (QED) is 0.360. The average molecular weight is 381 g/mol. The molecular weight excluding hydrogens is 368 g/mol. The van der Waals surface area contributed by atoms with Gasteiger partial charge in [0, 0.05) is 12.1 Å². The van der Waals surface area contributed by atoms with Gasteiger partial charge in [0.15, 0.2) is 5.76 Å². The molecule has 0 spiro atoms. The lowest BCUT2D eigenvalue weighted by Crippen LogP contribution is -2.09. The van der Waals surface area contributed by atoms with Gasteiger partial charge >= 0.3 is 5.97 Å². The van der Waals surface area contributed by atoms with Gasteiger partial charge in [0.2, 0.25) is 5.78 Å². The van der Waals surface area contributed by atoms with Crippen LogP contribution in [0.2, 0.25) is 5.02 Å². The van der Waals surface area contributed by atoms with Crippen molar-refractivity contribution in [2.75, 3.05) is 0 Å². The molecule has 134 valence electrons. The van der Waals surface area contributed by atoms with Crippen molar-refractivity contribution in [3.8, 4) is 11.5 Å². The number of benzene rings is 2. The third kappa shape index (κ3) is 3.37. The van der Waals surface area contributed by atoms with E-state index >= 15 is 0 Å². The molecule has 1 aliphatic heterocycles. The Morgan fingerprint density at radius 2 is 1.93 bits per heavy atom. The van der Waals surface area contributed by atoms with Crippen LogP contribution in [-0.2, 0) is 0 Å². The van der Waals surface area contributed by atoms with Gasteiger partial charge in [-0.15, -0.1) is 0 Å². The first-order valence-corrected chi connectivity index (χ1v) is 8.50. The number of hydrogen-bond acceptors (Lipinski definition) is 5. The second-order valence-corrected chi connectivity index (χ2v) is 6.32. The zero-order valence-corrected chi connectivity index (χ0v) is 14.9. The molecule has 4 rings (SSSR count). The summed E-state index contributed by atoms with van der Waals surface area (Å²) in [6.07, 6.45) is 1.53. The molecule has 27 heavy (non-hydrogen) atoms. The molecule has 0 aliphatic carbocycles. The molecular formula is C21H13ClO5. The van der Waals surface area contributed by atoms with Crippen LogP contribution in [0.1, 0.15) is 32.2 Å². The van der Waals surface area contributed by atoms with Gasteiger partial charge < -0.3 is 13.9 Å². The Morgan fingerprint density at radius 3 is 2.67 bits per heavy atom. The highest BCUT2D eigenvalue weighted by atomic mass is 35.5. The number of carbonyl (C=O) groups excluding carboxylic acids is 2. The van der Waals surface area contributed by atoms with Crippen molar-refractivity contribution in [3.05, 3.63) is 88.0 Å². The molecule has 1 aliphatic rings. The second-order valence-electron chi connectivity index (χ2n) is 5.92. The Labute approximate surface area is 159 Å². The minimum atomic E-state index is -0.591. The molecule has 3 aromatic rings. The molecule has 2 aromatic carbocycles. The number of rotatable bonds is 3. The van der Waals surface area contributed by atoms with Crippen molar-refractivity contribution in [1.82, 2.24) is 0 Å². The molecule has 0 amide bonds. The van der Waals surface area contributed by atoms with Crippen molar-refractivity contribution in [3.63, 3.8) is 0 Å². The topological polar surface area (TPSA) is 65.7 Å². The SMILES string of the molecule is Cc1ccc(/C=C2/Oc3cc(OC(=O)c4ccccc4Cl)ccc3C2=O)o1. The number of furan rings is 1. The highest BCUT2D eigenvalue weighted by Crippen LogP contribution is 2.35. The van der Waals surface area contributed by atoms with Gasteiger partial charge in [-0.05, 0) is 43.3 Å². The summed E-state index contributed by atoms with van der Waals surface area (Å²) in [5, 5.41) is 0.300. The molecule has 0 fully saturated rings. The summed E-state index contributed by atoms with van der Waals surface area (Å²) in [5.41, 5.74) is 0.646. The van der Waals surface area contributed by atoms with E-state index in [0.717, 1.165) is 5.76 Å². The summed E-state index contributed by atoms with van der Waals surface area (Å²) in [6.45, 7) is 1.81. The average Bonchev–Trinajstić information content (AvgIpc) is 3.19. The van der Waals surface area contributed by atoms with E-state index in [9.17, 15) is 9.59 Å². The van der Waals surface area contributed by atoms with Crippen molar-refractivity contribution in [1.29, 1.82) is 0 Å². The lowest BCUT2D eigenvalue weighted by Gasteiger charge is -2.06. The summed E-state index contributed by atoms with van der Waals surface area (Å²) in [5.74, 6) is 1.12. The van der Waals surface area contributed by atoms with E-state index in [1.165, 1.54) is 18.2 Å². The minimum absolute atomic E-state index is 0.147. The fourth-order valence-electron chi connectivity index (χ4n) is 2.68. The maximum atomic E-state index is 12.4. The molecule has 0 radical (unpaired) electrons. The van der Waals surface area contributed by atoms with E-state index in [2.05, 4.69) is 0 Å². The Morgan fingerprint density at radius 1 is 1.11 bits per heavy atom. The van der Waals surface area contributed by atoms with Crippen LogP contribution in [0.5, 0.6) is 11.5 Å². The van der Waals surface area contributed by atoms with Crippen LogP contribution in [-0.4, -0.2) is 11.8 Å². The number of allylic oxidation sites excluding steroid dienone is 1. The van der Waals surface area contributed by atoms with Crippen LogP contribution < -0.4 is 9.47 Å². The number of ether oxygens (including phenoxy) is 2. The van der Waals surface area contributed by atoms with Crippen molar-refractivity contribution in [2.24, 2.45) is 0 Å². The van der Waals surface area contributed by atoms with Gasteiger partial charge in [-0.2, -0.15) is 0 Å². The lowest BCUT2D eigenvalue weighted by atomic mass is 10.1. The Bertz CT molecular complexity index is 1090. The molecule has 2 heterocycles. The zero-order valence-electron chi connectivity index (χ0n) is 14.2. The third-order valence-corrected chi connectivity index (χ3v) is 4.31. The predicted molar refractivity (Wildman–Crippen MR) is 99.2 cm³/mol. The van der Waals surface area contributed by atoms with Crippen LogP contribution in [0.4, 0.5) is 0 Å². The molecule has 0 saturated carbocycles. The molecule has 1 aromatic heterocycles. The molecule has 0 atom stereocenters. The number of fused-ring (bicyclic) bond motifs is 1. The number of halogens is 1. The summed E-state index contributed by atoms with van der Waals surface area (Å²) in [6, 6.07) is 14.7. The molecule has 0 saturated heterocycles. The van der Waals surface area contributed by atoms with Crippen LogP contribution >= 0.6 is 11.6 Å². The van der Waals surface area contributed by atoms with Crippen LogP contribution in [0, 0.1) is 6.92 Å². The first-order chi connectivity index (χ1) is 13.0. The molecule has 5 nitrogen and oxygen atoms in total. The van der Waals surface area contributed by atoms with E-state index in [1.54, 1.807) is 42.5 Å². The number of hydrogen-bond donors (Lipinski definition) is 0. The molecule has 6 heteroatoms. The number of carbonyl (C=O) groups is 2. The first kappa shape index (κ1) is 17.1. The standard InChI is InChI=1S/C21H13ClO5/c1-12-6-7-13(25-12)11-19-20(23)16-9-8-14(10-18(16)27-19)26-21(24)15-4-2-3-5-17(15)22/h2-11H,1H3/b19-11+. The lowest BCUT2D eigenvalue weighted by molar-refractivity contribution is 0.0734. The predicted octanol–water partition coefficient (Wildman–Crippen LogP) is 5.08. The van der Waals surface area contributed by atoms with E-state index in [0.29, 0.717) is 22.1 Å². The number of aryl methyl sites for hydroxylation is 1. The summed E-state index contributed by atoms with van der Waals surface area (Å²) in [7, 11) is 0. The maximum absolute atomic E-state index is 12.4. The van der Waals surface area contributed by atoms with Gasteiger partial charge in [-0.25, -0.2) is 4.79 Å². The number of ketones is 1. The van der Waals surface area contributed by atoms with Crippen molar-refractivity contribution in [2.45, 2.75) is 6.92 Å². The second kappa shape index (κ2) is 6.78. The number of Topliss-reactive ketones (excluding diaryl/α,β-unsaturated/α-hetero) is 1. The third-order valence-electron chi connectivity index (χ3n) is 3.98. The van der Waals surface area contributed by atoms with Crippen LogP contribution in [0.25, 0.3) is 6.08 Å². The van der Waals surface area contributed by atoms with E-state index in [-0.39, 0.29) is 22.9 Å². The highest BCUT2D eigenvalue weighted by Gasteiger charge is 2.28. The van der Waals surface area contributed by atoms with Crippen LogP contribution in [0.3, 0.4) is 0 Å². The fraction of sp³-hybridized carbons (Fsp3) is 0.0476. The Kier molecular flexibility index (Phi) is 4.30. The van der Waals surface area contributed by atoms with Gasteiger partial charge in [-0.3, -0.25) is 4.79 Å². The smallest absolute Gasteiger partial charge is 0.345 e. The van der Waals surface area contributed by atoms with Gasteiger partial charge in [-0.1, -0.05) is 23.7 Å². The first-order valence-electron chi connectivity index (χ1n) is 8.13. The normalized spacial score (nSPS) is 14.1. The summed E-state index contributed by atoms with van der Waals surface area (Å²) >= 11 is 6.01. The fourth-order valence-corrected chi connectivity index (χ4v) is 2.89. The summed E-state index contributed by atoms with van der Waals surface area (Å²) in [4.78, 5) is 24.7. The van der Waals surface area contributed by atoms with E-state index in [1.807, 2.05) is 6.92 Å². The highest BCUT2D eigenvalue weighted by molar-refractivity contribution is 6.33. The van der Waals surface area contributed by atoms with Crippen molar-refractivity contribution >= 4 is 29.4 Å². The maximum Gasteiger partial charge on any atom is 0.345 e. The molecule has 0 unspecified atom stereocenters. The Balaban J connectivity index is 1.57. The summed E-state index contributed by atoms with van der Waals surface area (Å²) < 4.78 is 16.4. The van der Waals surface area contributed by atoms with E-state index < -0.39 is 5.97 Å². The largest absolute Gasteiger partial charge is 0.462 e. The monoisotopic (exact) mass is 380 g/mol. The van der Waals surface area contributed by atoms with E-state index in [4.69, 9.17) is 25.5 Å². The zero-order chi connectivity index (χ0) is 19.0. The molecule has 0 N–H and O–H groups in total. The van der Waals surface area contributed by atoms with Gasteiger partial charge in [0.25, 0.3) is 0 Å². The number of esters is 1. The van der Waals surface area contributed by atoms with Gasteiger partial charge in [0.1, 0.15) is 23.0 Å². The van der Waals surface area contributed by atoms with Crippen molar-refractivity contribution < 1.29 is 23.5 Å². The minimum Gasteiger partial charge on any atom is -0.462 e. The van der Waals surface area contributed by atoms with Crippen LogP contribution in [0.15, 0.2) is 64.8 Å². The van der Waals surface area contributed by atoms with Gasteiger partial charge in [0.05, 0.1) is 16.1 Å². The Hall–Kier alpha value is -3.31.